The van der Waals surface area contributed by atoms with E-state index in [2.05, 4.69) is 32.9 Å². The molecule has 0 aromatic carbocycles. The monoisotopic (exact) mass is 422 g/mol. The van der Waals surface area contributed by atoms with Crippen LogP contribution in [0.25, 0.3) is 0 Å². The lowest BCUT2D eigenvalue weighted by Crippen LogP contribution is -2.09. The fourth-order valence-corrected chi connectivity index (χ4v) is 3.73. The number of hydrogen-bond donors (Lipinski definition) is 0. The fourth-order valence-electron chi connectivity index (χ4n) is 3.73. The molecule has 0 aromatic rings. The maximum atomic E-state index is 11.5. The van der Waals surface area contributed by atoms with Gasteiger partial charge in [-0.3, -0.25) is 4.79 Å². The van der Waals surface area contributed by atoms with E-state index < -0.39 is 0 Å². The van der Waals surface area contributed by atoms with Gasteiger partial charge in [-0.1, -0.05) is 123 Å². The largest absolute Gasteiger partial charge is 0.465 e. The van der Waals surface area contributed by atoms with Crippen LogP contribution in [0.3, 0.4) is 0 Å². The van der Waals surface area contributed by atoms with Crippen LogP contribution in [0.15, 0.2) is 12.2 Å². The smallest absolute Gasteiger partial charge is 0.305 e. The molecular weight excluding hydrogens is 368 g/mol. The van der Waals surface area contributed by atoms with Crippen molar-refractivity contribution in [3.05, 3.63) is 12.2 Å². The second-order valence-electron chi connectivity index (χ2n) is 9.53. The van der Waals surface area contributed by atoms with Crippen LogP contribution in [0, 0.1) is 5.92 Å². The third kappa shape index (κ3) is 25.2. The molecule has 0 aliphatic heterocycles. The van der Waals surface area contributed by atoms with E-state index >= 15 is 0 Å². The van der Waals surface area contributed by atoms with Gasteiger partial charge in [-0.2, -0.15) is 0 Å². The Kier molecular flexibility index (Phi) is 23.8. The fraction of sp³-hybridized carbons (Fsp3) is 0.893. The van der Waals surface area contributed by atoms with E-state index in [0.29, 0.717) is 18.9 Å². The molecule has 0 aliphatic carbocycles. The Morgan fingerprint density at radius 3 is 1.47 bits per heavy atom. The Balaban J connectivity index is 3.14. The molecule has 0 atom stereocenters. The van der Waals surface area contributed by atoms with Crippen molar-refractivity contribution in [1.82, 2.24) is 0 Å². The van der Waals surface area contributed by atoms with Crippen LogP contribution in [0.4, 0.5) is 0 Å². The van der Waals surface area contributed by atoms with Crippen molar-refractivity contribution in [3.63, 3.8) is 0 Å². The van der Waals surface area contributed by atoms with E-state index in [-0.39, 0.29) is 5.97 Å². The van der Waals surface area contributed by atoms with E-state index in [1.165, 1.54) is 116 Å². The van der Waals surface area contributed by atoms with Crippen LogP contribution in [0.2, 0.25) is 0 Å². The Labute approximate surface area is 189 Å². The van der Waals surface area contributed by atoms with Gasteiger partial charge in [-0.25, -0.2) is 0 Å². The first-order valence-corrected chi connectivity index (χ1v) is 13.5. The first-order chi connectivity index (χ1) is 14.7. The molecule has 2 nitrogen and oxygen atoms in total. The van der Waals surface area contributed by atoms with Crippen molar-refractivity contribution in [3.8, 4) is 0 Å². The van der Waals surface area contributed by atoms with Gasteiger partial charge in [0, 0.05) is 6.42 Å². The molecule has 0 amide bonds. The molecule has 0 fully saturated rings. The number of esters is 1. The highest BCUT2D eigenvalue weighted by Gasteiger charge is 2.03. The number of unbranched alkanes of at least 4 members (excludes halogenated alkanes) is 17. The predicted octanol–water partition coefficient (Wildman–Crippen LogP) is 9.56. The SMILES string of the molecule is CCCCCCCC/C=C/CCCCCCCCCCCCCC(=O)OCC(C)C. The lowest BCUT2D eigenvalue weighted by molar-refractivity contribution is -0.144. The van der Waals surface area contributed by atoms with Gasteiger partial charge in [0.05, 0.1) is 6.61 Å². The van der Waals surface area contributed by atoms with E-state index in [1.54, 1.807) is 0 Å². The summed E-state index contributed by atoms with van der Waals surface area (Å²) in [6.07, 6.45) is 30.9. The van der Waals surface area contributed by atoms with Crippen LogP contribution in [0.1, 0.15) is 149 Å². The molecule has 0 aromatic heterocycles. The summed E-state index contributed by atoms with van der Waals surface area (Å²) in [6.45, 7) is 6.99. The van der Waals surface area contributed by atoms with Gasteiger partial charge in [0.15, 0.2) is 0 Å². The Hall–Kier alpha value is -0.790. The molecule has 30 heavy (non-hydrogen) atoms. The predicted molar refractivity (Wildman–Crippen MR) is 133 cm³/mol. The molecule has 2 heteroatoms. The van der Waals surface area contributed by atoms with Crippen molar-refractivity contribution in [2.45, 2.75) is 149 Å². The van der Waals surface area contributed by atoms with Crippen molar-refractivity contribution < 1.29 is 9.53 Å². The molecule has 0 heterocycles. The molecule has 0 N–H and O–H groups in total. The van der Waals surface area contributed by atoms with E-state index in [1.807, 2.05) is 0 Å². The van der Waals surface area contributed by atoms with Crippen LogP contribution < -0.4 is 0 Å². The summed E-state index contributed by atoms with van der Waals surface area (Å²) < 4.78 is 5.20. The number of allylic oxidation sites excluding steroid dienone is 2. The van der Waals surface area contributed by atoms with Crippen LogP contribution in [-0.4, -0.2) is 12.6 Å². The van der Waals surface area contributed by atoms with E-state index in [0.717, 1.165) is 6.42 Å². The van der Waals surface area contributed by atoms with Gasteiger partial charge in [0.25, 0.3) is 0 Å². The van der Waals surface area contributed by atoms with Crippen LogP contribution in [0.5, 0.6) is 0 Å². The number of carbonyl (C=O) groups excluding carboxylic acids is 1. The lowest BCUT2D eigenvalue weighted by atomic mass is 10.0. The topological polar surface area (TPSA) is 26.3 Å². The normalized spacial score (nSPS) is 11.6. The summed E-state index contributed by atoms with van der Waals surface area (Å²) in [7, 11) is 0. The molecule has 0 saturated carbocycles. The molecule has 0 bridgehead atoms. The summed E-state index contributed by atoms with van der Waals surface area (Å²) in [5.74, 6) is 0.419. The van der Waals surface area contributed by atoms with Crippen LogP contribution >= 0.6 is 0 Å². The van der Waals surface area contributed by atoms with Crippen molar-refractivity contribution >= 4 is 5.97 Å². The van der Waals surface area contributed by atoms with Gasteiger partial charge in [0.2, 0.25) is 0 Å². The third-order valence-corrected chi connectivity index (χ3v) is 5.72. The lowest BCUT2D eigenvalue weighted by Gasteiger charge is -2.07. The Morgan fingerprint density at radius 1 is 0.633 bits per heavy atom. The second kappa shape index (κ2) is 24.5. The van der Waals surface area contributed by atoms with Gasteiger partial charge < -0.3 is 4.74 Å². The number of rotatable bonds is 23. The summed E-state index contributed by atoms with van der Waals surface area (Å²) in [5.41, 5.74) is 0. The molecule has 0 radical (unpaired) electrons. The first-order valence-electron chi connectivity index (χ1n) is 13.5. The average molecular weight is 423 g/mol. The van der Waals surface area contributed by atoms with Crippen molar-refractivity contribution in [1.29, 1.82) is 0 Å². The van der Waals surface area contributed by atoms with Gasteiger partial charge in [-0.05, 0) is 38.0 Å². The second-order valence-corrected chi connectivity index (χ2v) is 9.53. The Bertz CT molecular complexity index is 373. The zero-order valence-corrected chi connectivity index (χ0v) is 20.9. The minimum atomic E-state index is -0.0167. The zero-order chi connectivity index (χ0) is 22.1. The summed E-state index contributed by atoms with van der Waals surface area (Å²) in [6, 6.07) is 0. The minimum Gasteiger partial charge on any atom is -0.465 e. The number of ether oxygens (including phenoxy) is 1. The molecule has 0 unspecified atom stereocenters. The quantitative estimate of drug-likeness (QED) is 0.0930. The maximum Gasteiger partial charge on any atom is 0.305 e. The molecule has 0 spiro atoms. The highest BCUT2D eigenvalue weighted by atomic mass is 16.5. The van der Waals surface area contributed by atoms with E-state index in [9.17, 15) is 4.79 Å². The Morgan fingerprint density at radius 2 is 1.03 bits per heavy atom. The summed E-state index contributed by atoms with van der Waals surface area (Å²) in [4.78, 5) is 11.5. The molecule has 0 rings (SSSR count). The first kappa shape index (κ1) is 29.2. The third-order valence-electron chi connectivity index (χ3n) is 5.72. The summed E-state index contributed by atoms with van der Waals surface area (Å²) >= 11 is 0. The highest BCUT2D eigenvalue weighted by molar-refractivity contribution is 5.69. The standard InChI is InChI=1S/C28H54O2/c1-4-5-6-7-8-9-10-11-12-13-14-15-16-17-18-19-20-21-22-23-24-25-28(29)30-26-27(2)3/h11-12,27H,4-10,13-26H2,1-3H3/b12-11+. The van der Waals surface area contributed by atoms with Crippen molar-refractivity contribution in [2.24, 2.45) is 5.92 Å². The molecule has 178 valence electrons. The van der Waals surface area contributed by atoms with E-state index in [4.69, 9.17) is 4.74 Å². The van der Waals surface area contributed by atoms with Gasteiger partial charge >= 0.3 is 5.97 Å². The molecule has 0 aliphatic rings. The van der Waals surface area contributed by atoms with Crippen LogP contribution in [-0.2, 0) is 9.53 Å². The minimum absolute atomic E-state index is 0.0167. The number of carbonyl (C=O) groups is 1. The van der Waals surface area contributed by atoms with Crippen molar-refractivity contribution in [2.75, 3.05) is 6.61 Å². The summed E-state index contributed by atoms with van der Waals surface area (Å²) in [5, 5.41) is 0. The average Bonchev–Trinajstić information content (AvgIpc) is 2.73. The molecular formula is C28H54O2. The number of hydrogen-bond acceptors (Lipinski definition) is 2. The van der Waals surface area contributed by atoms with Gasteiger partial charge in [-0.15, -0.1) is 0 Å². The molecule has 0 saturated heterocycles. The van der Waals surface area contributed by atoms with Gasteiger partial charge in [0.1, 0.15) is 0 Å². The zero-order valence-electron chi connectivity index (χ0n) is 20.9. The maximum absolute atomic E-state index is 11.5. The highest BCUT2D eigenvalue weighted by Crippen LogP contribution is 2.13.